The van der Waals surface area contributed by atoms with Crippen molar-refractivity contribution in [1.29, 1.82) is 0 Å². The fourth-order valence-corrected chi connectivity index (χ4v) is 2.13. The van der Waals surface area contributed by atoms with Crippen LogP contribution in [0.3, 0.4) is 0 Å². The standard InChI is InChI=1S/C14H21F3N4O4/c1-3-4-8-20-11-12(19-13(18-11)14(15,16)17)24-21(25-20)9-6-5-7-10(22)23-2/h3-9H2,1-2H3,(H,18,19). The number of aromatic amines is 1. The fraction of sp³-hybridized carbons (Fsp3) is 0.714. The van der Waals surface area contributed by atoms with E-state index in [0.717, 1.165) is 11.3 Å². The summed E-state index contributed by atoms with van der Waals surface area (Å²) in [5.74, 6) is -1.47. The second kappa shape index (κ2) is 8.17. The molecule has 0 unspecified atom stereocenters. The highest BCUT2D eigenvalue weighted by Gasteiger charge is 2.36. The van der Waals surface area contributed by atoms with Crippen molar-refractivity contribution in [3.8, 4) is 0 Å². The Labute approximate surface area is 141 Å². The zero-order chi connectivity index (χ0) is 18.4. The number of halogens is 3. The third-order valence-corrected chi connectivity index (χ3v) is 3.45. The average Bonchev–Trinajstić information content (AvgIpc) is 3.00. The average molecular weight is 366 g/mol. The largest absolute Gasteiger partial charge is 0.469 e. The van der Waals surface area contributed by atoms with Gasteiger partial charge in [0.15, 0.2) is 0 Å². The van der Waals surface area contributed by atoms with Crippen LogP contribution in [0.2, 0.25) is 0 Å². The van der Waals surface area contributed by atoms with Gasteiger partial charge in [-0.2, -0.15) is 17.9 Å². The first-order valence-corrected chi connectivity index (χ1v) is 8.00. The predicted molar refractivity (Wildman–Crippen MR) is 80.0 cm³/mol. The summed E-state index contributed by atoms with van der Waals surface area (Å²) in [5, 5.41) is 0. The molecule has 0 aromatic carbocycles. The number of nitrogens with zero attached hydrogens (tertiary/aromatic N) is 3. The van der Waals surface area contributed by atoms with Crippen LogP contribution in [0.5, 0.6) is 0 Å². The molecule has 11 heteroatoms. The highest BCUT2D eigenvalue weighted by Crippen LogP contribution is 2.28. The van der Waals surface area contributed by atoms with Crippen molar-refractivity contribution in [3.63, 3.8) is 0 Å². The number of unbranched alkanes of at least 4 members (excludes halogenated alkanes) is 2. The number of methoxy groups -OCH3 is 1. The smallest absolute Gasteiger partial charge is 0.449 e. The normalized spacial score (nSPS) is 11.9. The topological polar surface area (TPSA) is 91.1 Å². The maximum atomic E-state index is 12.8. The van der Waals surface area contributed by atoms with E-state index in [1.54, 1.807) is 0 Å². The number of nitrogens with one attached hydrogen (secondary N) is 1. The number of H-pyrrole nitrogens is 1. The van der Waals surface area contributed by atoms with E-state index in [1.807, 2.05) is 6.92 Å². The van der Waals surface area contributed by atoms with Gasteiger partial charge in [0.05, 0.1) is 20.2 Å². The maximum absolute atomic E-state index is 12.8. The molecular formula is C14H21F3N4O4. The van der Waals surface area contributed by atoms with Gasteiger partial charge in [-0.15, -0.1) is 0 Å². The molecule has 2 heterocycles. The summed E-state index contributed by atoms with van der Waals surface area (Å²) >= 11 is 0. The van der Waals surface area contributed by atoms with Gasteiger partial charge in [-0.1, -0.05) is 13.3 Å². The molecule has 0 amide bonds. The van der Waals surface area contributed by atoms with Crippen LogP contribution in [0.15, 0.2) is 9.15 Å². The molecule has 25 heavy (non-hydrogen) atoms. The first kappa shape index (κ1) is 19.0. The van der Waals surface area contributed by atoms with E-state index in [4.69, 9.17) is 9.15 Å². The minimum absolute atomic E-state index is 0.0356. The van der Waals surface area contributed by atoms with Crippen molar-refractivity contribution in [3.05, 3.63) is 5.82 Å². The molecule has 0 aliphatic carbocycles. The van der Waals surface area contributed by atoms with Gasteiger partial charge < -0.3 is 14.2 Å². The number of carbonyl (C=O) groups is 1. The summed E-state index contributed by atoms with van der Waals surface area (Å²) in [5.41, 5.74) is -0.158. The Balaban J connectivity index is 2.21. The summed E-state index contributed by atoms with van der Waals surface area (Å²) < 4.78 is 55.1. The molecule has 0 fully saturated rings. The molecule has 2 rings (SSSR count). The van der Waals surface area contributed by atoms with Gasteiger partial charge in [0.25, 0.3) is 5.71 Å². The molecule has 0 saturated carbocycles. The third-order valence-electron chi connectivity index (χ3n) is 3.45. The van der Waals surface area contributed by atoms with Crippen LogP contribution < -0.4 is 0 Å². The number of esters is 1. The number of hydrogen-bond acceptors (Lipinski definition) is 5. The lowest BCUT2D eigenvalue weighted by molar-refractivity contribution is -0.144. The third kappa shape index (κ3) is 5.07. The molecule has 0 bridgehead atoms. The molecular weight excluding hydrogens is 345 g/mol. The first-order chi connectivity index (χ1) is 11.8. The van der Waals surface area contributed by atoms with Crippen LogP contribution in [-0.4, -0.2) is 32.7 Å². The van der Waals surface area contributed by atoms with E-state index >= 15 is 0 Å². The van der Waals surface area contributed by atoms with Crippen molar-refractivity contribution in [1.82, 2.24) is 19.6 Å². The summed E-state index contributed by atoms with van der Waals surface area (Å²) in [7, 11) is 1.31. The van der Waals surface area contributed by atoms with Crippen LogP contribution in [0.4, 0.5) is 13.2 Å². The zero-order valence-electron chi connectivity index (χ0n) is 14.1. The van der Waals surface area contributed by atoms with Gasteiger partial charge in [-0.25, -0.2) is 4.98 Å². The molecule has 0 aliphatic heterocycles. The number of aromatic nitrogens is 4. The van der Waals surface area contributed by atoms with Crippen LogP contribution in [0.1, 0.15) is 44.9 Å². The van der Waals surface area contributed by atoms with E-state index in [-0.39, 0.29) is 30.3 Å². The minimum Gasteiger partial charge on any atom is -0.469 e. The van der Waals surface area contributed by atoms with Gasteiger partial charge in [0.2, 0.25) is 11.5 Å². The van der Waals surface area contributed by atoms with Crippen LogP contribution in [0, 0.1) is 0 Å². The second-order valence-corrected chi connectivity index (χ2v) is 5.45. The maximum Gasteiger partial charge on any atom is 0.449 e. The van der Waals surface area contributed by atoms with Crippen LogP contribution >= 0.6 is 0 Å². The van der Waals surface area contributed by atoms with Gasteiger partial charge in [-0.3, -0.25) is 9.42 Å². The van der Waals surface area contributed by atoms with Crippen molar-refractivity contribution in [2.75, 3.05) is 7.11 Å². The van der Waals surface area contributed by atoms with Gasteiger partial charge in [-0.05, 0) is 24.2 Å². The Kier molecular flexibility index (Phi) is 6.21. The van der Waals surface area contributed by atoms with E-state index < -0.39 is 12.0 Å². The lowest BCUT2D eigenvalue weighted by Gasteiger charge is -2.09. The molecule has 2 aromatic heterocycles. The van der Waals surface area contributed by atoms with Crippen molar-refractivity contribution < 1.29 is 31.9 Å². The van der Waals surface area contributed by atoms with E-state index in [9.17, 15) is 18.0 Å². The first-order valence-electron chi connectivity index (χ1n) is 8.00. The Bertz CT molecular complexity index is 733. The highest BCUT2D eigenvalue weighted by molar-refractivity contribution is 5.68. The second-order valence-electron chi connectivity index (χ2n) is 5.45. The molecule has 2 aromatic rings. The molecule has 1 N–H and O–H groups in total. The molecule has 142 valence electrons. The van der Waals surface area contributed by atoms with Crippen molar-refractivity contribution >= 4 is 17.3 Å². The number of alkyl halides is 3. The quantitative estimate of drug-likeness (QED) is 0.569. The predicted octanol–water partition coefficient (Wildman–Crippen LogP) is 3.64. The summed E-state index contributed by atoms with van der Waals surface area (Å²) in [6, 6.07) is 0. The Morgan fingerprint density at radius 2 is 2.04 bits per heavy atom. The molecule has 0 spiro atoms. The van der Waals surface area contributed by atoms with E-state index in [2.05, 4.69) is 14.7 Å². The molecule has 0 radical (unpaired) electrons. The zero-order valence-corrected chi connectivity index (χ0v) is 14.1. The Morgan fingerprint density at radius 3 is 2.68 bits per heavy atom. The molecule has 0 aliphatic rings. The highest BCUT2D eigenvalue weighted by atomic mass is 19.4. The number of rotatable bonds is 8. The fourth-order valence-electron chi connectivity index (χ4n) is 2.13. The molecule has 8 nitrogen and oxygen atoms in total. The number of carbonyl (C=O) groups excluding carboxylic acids is 1. The van der Waals surface area contributed by atoms with Crippen LogP contribution in [-0.2, 0) is 28.8 Å². The Morgan fingerprint density at radius 1 is 1.28 bits per heavy atom. The summed E-state index contributed by atoms with van der Waals surface area (Å²) in [4.78, 5) is 17.8. The number of imidazole rings is 1. The van der Waals surface area contributed by atoms with Crippen molar-refractivity contribution in [2.24, 2.45) is 0 Å². The SMILES string of the molecule is CCCCn1on(CCCCC(=O)OC)oc2[nH]c(C(F)(F)F)nc21. The van der Waals surface area contributed by atoms with Gasteiger partial charge in [0.1, 0.15) is 0 Å². The summed E-state index contributed by atoms with van der Waals surface area (Å²) in [6.07, 6.45) is -1.74. The minimum atomic E-state index is -4.61. The number of hydrogen-bond donors (Lipinski definition) is 1. The number of ether oxygens (including phenoxy) is 1. The number of aryl methyl sites for hydroxylation is 2. The summed E-state index contributed by atoms with van der Waals surface area (Å²) in [6.45, 7) is 2.59. The molecule has 0 saturated heterocycles. The van der Waals surface area contributed by atoms with Gasteiger partial charge >= 0.3 is 12.1 Å². The lowest BCUT2D eigenvalue weighted by Crippen LogP contribution is -2.09. The Hall–Kier alpha value is -2.33. The lowest BCUT2D eigenvalue weighted by atomic mass is 10.2. The molecule has 0 atom stereocenters. The van der Waals surface area contributed by atoms with Gasteiger partial charge in [0, 0.05) is 6.42 Å². The van der Waals surface area contributed by atoms with Crippen molar-refractivity contribution in [2.45, 2.75) is 58.3 Å². The van der Waals surface area contributed by atoms with Crippen LogP contribution in [0.25, 0.3) is 11.4 Å². The monoisotopic (exact) mass is 366 g/mol. The van der Waals surface area contributed by atoms with E-state index in [1.165, 1.54) is 11.8 Å². The number of fused-ring (bicyclic) bond motifs is 1. The van der Waals surface area contributed by atoms with E-state index in [0.29, 0.717) is 25.8 Å².